The Bertz CT molecular complexity index is 1130. The van der Waals surface area contributed by atoms with Crippen LogP contribution < -0.4 is 16.6 Å². The van der Waals surface area contributed by atoms with Gasteiger partial charge in [0, 0.05) is 24.2 Å². The molecule has 0 aliphatic carbocycles. The number of anilines is 1. The fraction of sp³-hybridized carbons (Fsp3) is 0.133. The molecule has 136 valence electrons. The number of amides is 1. The summed E-state index contributed by atoms with van der Waals surface area (Å²) in [5.74, 6) is -0.388. The van der Waals surface area contributed by atoms with Gasteiger partial charge in [0.25, 0.3) is 21.6 Å². The summed E-state index contributed by atoms with van der Waals surface area (Å²) in [6.45, 7) is 0.277. The first-order valence-electron chi connectivity index (χ1n) is 7.47. The van der Waals surface area contributed by atoms with Gasteiger partial charge in [-0.05, 0) is 30.3 Å². The van der Waals surface area contributed by atoms with Gasteiger partial charge in [-0.3, -0.25) is 19.1 Å². The first-order valence-corrected chi connectivity index (χ1v) is 8.91. The van der Waals surface area contributed by atoms with Gasteiger partial charge in [-0.2, -0.15) is 13.4 Å². The zero-order valence-electron chi connectivity index (χ0n) is 13.3. The van der Waals surface area contributed by atoms with Crippen LogP contribution in [0.3, 0.4) is 0 Å². The quantitative estimate of drug-likeness (QED) is 0.391. The van der Waals surface area contributed by atoms with E-state index in [-0.39, 0.29) is 28.5 Å². The number of hydrogen-bond acceptors (Lipinski definition) is 6. The number of H-pyrrole nitrogens is 2. The first kappa shape index (κ1) is 17.6. The van der Waals surface area contributed by atoms with Crippen molar-refractivity contribution in [2.24, 2.45) is 0 Å². The molecule has 0 saturated heterocycles. The molecular formula is C15H15N5O5S. The lowest BCUT2D eigenvalue weighted by Gasteiger charge is -2.05. The van der Waals surface area contributed by atoms with Gasteiger partial charge < -0.3 is 16.0 Å². The molecule has 26 heavy (non-hydrogen) atoms. The Morgan fingerprint density at radius 2 is 1.92 bits per heavy atom. The number of nitrogens with zero attached hydrogens (tertiary/aromatic N) is 1. The van der Waals surface area contributed by atoms with E-state index in [1.165, 1.54) is 12.1 Å². The van der Waals surface area contributed by atoms with Crippen LogP contribution in [0.4, 0.5) is 5.95 Å². The van der Waals surface area contributed by atoms with Gasteiger partial charge in [-0.15, -0.1) is 0 Å². The average molecular weight is 377 g/mol. The van der Waals surface area contributed by atoms with Gasteiger partial charge in [0.2, 0.25) is 5.95 Å². The van der Waals surface area contributed by atoms with Gasteiger partial charge in [-0.25, -0.2) is 0 Å². The summed E-state index contributed by atoms with van der Waals surface area (Å²) < 4.78 is 30.9. The van der Waals surface area contributed by atoms with Gasteiger partial charge in [0.15, 0.2) is 0 Å². The van der Waals surface area contributed by atoms with Crippen molar-refractivity contribution >= 4 is 33.0 Å². The van der Waals surface area contributed by atoms with Crippen molar-refractivity contribution in [2.75, 3.05) is 12.3 Å². The van der Waals surface area contributed by atoms with Crippen LogP contribution in [0.15, 0.2) is 40.0 Å². The third-order valence-corrected chi connectivity index (χ3v) is 4.53. The molecule has 0 spiro atoms. The van der Waals surface area contributed by atoms with Crippen molar-refractivity contribution in [3.8, 4) is 0 Å². The molecule has 0 aliphatic rings. The molecule has 10 nitrogen and oxygen atoms in total. The molecule has 0 saturated carbocycles. The number of benzene rings is 1. The molecule has 3 rings (SSSR count). The molecule has 0 aliphatic heterocycles. The van der Waals surface area contributed by atoms with Gasteiger partial charge >= 0.3 is 0 Å². The second-order valence-electron chi connectivity index (χ2n) is 5.51. The fourth-order valence-electron chi connectivity index (χ4n) is 2.42. The second kappa shape index (κ2) is 6.61. The molecule has 1 aromatic carbocycles. The summed E-state index contributed by atoms with van der Waals surface area (Å²) >= 11 is 0. The zero-order chi connectivity index (χ0) is 18.9. The lowest BCUT2D eigenvalue weighted by Crippen LogP contribution is -2.25. The fourth-order valence-corrected chi connectivity index (χ4v) is 2.90. The molecule has 3 aromatic rings. The lowest BCUT2D eigenvalue weighted by atomic mass is 10.2. The minimum atomic E-state index is -4.30. The van der Waals surface area contributed by atoms with Crippen LogP contribution in [0.5, 0.6) is 0 Å². The molecule has 1 amide bonds. The zero-order valence-corrected chi connectivity index (χ0v) is 14.1. The van der Waals surface area contributed by atoms with E-state index in [1.54, 1.807) is 6.07 Å². The van der Waals surface area contributed by atoms with Crippen LogP contribution in [-0.2, 0) is 16.5 Å². The van der Waals surface area contributed by atoms with E-state index in [2.05, 4.69) is 20.3 Å². The van der Waals surface area contributed by atoms with E-state index in [0.717, 1.165) is 12.1 Å². The smallest absolute Gasteiger partial charge is 0.294 e. The Morgan fingerprint density at radius 3 is 2.58 bits per heavy atom. The van der Waals surface area contributed by atoms with E-state index in [9.17, 15) is 18.0 Å². The highest BCUT2D eigenvalue weighted by molar-refractivity contribution is 7.85. The predicted octanol–water partition coefficient (Wildman–Crippen LogP) is 0.0526. The van der Waals surface area contributed by atoms with Gasteiger partial charge in [-0.1, -0.05) is 0 Å². The number of nitrogens with two attached hydrogens (primary N) is 1. The minimum absolute atomic E-state index is 0.0116. The van der Waals surface area contributed by atoms with Crippen molar-refractivity contribution in [1.29, 1.82) is 0 Å². The Labute approximate surface area is 147 Å². The van der Waals surface area contributed by atoms with Crippen LogP contribution >= 0.6 is 0 Å². The highest BCUT2D eigenvalue weighted by Gasteiger charge is 2.12. The number of fused-ring (bicyclic) bond motifs is 1. The number of nitrogen functional groups attached to an aromatic ring is 1. The van der Waals surface area contributed by atoms with Crippen LogP contribution in [0.1, 0.15) is 16.1 Å². The highest BCUT2D eigenvalue weighted by atomic mass is 32.2. The molecule has 2 heterocycles. The van der Waals surface area contributed by atoms with E-state index in [4.69, 9.17) is 10.3 Å². The topological polar surface area (TPSA) is 171 Å². The molecule has 0 radical (unpaired) electrons. The highest BCUT2D eigenvalue weighted by Crippen LogP contribution is 2.11. The number of nitrogens with one attached hydrogen (secondary N) is 3. The van der Waals surface area contributed by atoms with Crippen molar-refractivity contribution in [2.45, 2.75) is 11.3 Å². The normalized spacial score (nSPS) is 11.6. The summed E-state index contributed by atoms with van der Waals surface area (Å²) in [6, 6.07) is 6.52. The molecule has 0 bridgehead atoms. The molecular weight excluding hydrogens is 362 g/mol. The summed E-state index contributed by atoms with van der Waals surface area (Å²) in [5.41, 5.74) is 6.45. The standard InChI is InChI=1S/C15H15N5O5S/c16-15-19-12-11(14(22)20-15)7-9(18-12)5-6-17-13(21)8-1-3-10(4-2-8)26(23,24)25/h1-4,7H,5-6H2,(H,17,21)(H,23,24,25)(H4,16,18,19,20,22). The number of carbonyl (C=O) groups excluding carboxylic acids is 1. The van der Waals surface area contributed by atoms with Crippen molar-refractivity contribution in [1.82, 2.24) is 20.3 Å². The van der Waals surface area contributed by atoms with Gasteiger partial charge in [0.05, 0.1) is 10.3 Å². The van der Waals surface area contributed by atoms with Crippen LogP contribution in [-0.4, -0.2) is 40.4 Å². The second-order valence-corrected chi connectivity index (χ2v) is 6.93. The van der Waals surface area contributed by atoms with Crippen molar-refractivity contribution < 1.29 is 17.8 Å². The monoisotopic (exact) mass is 377 g/mol. The molecule has 0 unspecified atom stereocenters. The Balaban J connectivity index is 1.63. The van der Waals surface area contributed by atoms with E-state index in [0.29, 0.717) is 23.1 Å². The summed E-state index contributed by atoms with van der Waals surface area (Å²) in [5, 5.41) is 3.05. The maximum Gasteiger partial charge on any atom is 0.294 e. The summed E-state index contributed by atoms with van der Waals surface area (Å²) in [7, 11) is -4.30. The predicted molar refractivity (Wildman–Crippen MR) is 93.4 cm³/mol. The number of carbonyl (C=O) groups is 1. The van der Waals surface area contributed by atoms with E-state index < -0.39 is 16.0 Å². The summed E-state index contributed by atoms with van der Waals surface area (Å²) in [4.78, 5) is 32.9. The number of aromatic nitrogens is 3. The van der Waals surface area contributed by atoms with Crippen molar-refractivity contribution in [3.63, 3.8) is 0 Å². The third kappa shape index (κ3) is 3.73. The van der Waals surface area contributed by atoms with Crippen LogP contribution in [0.25, 0.3) is 11.0 Å². The molecule has 11 heteroatoms. The Morgan fingerprint density at radius 1 is 1.23 bits per heavy atom. The number of rotatable bonds is 5. The van der Waals surface area contributed by atoms with Crippen LogP contribution in [0.2, 0.25) is 0 Å². The van der Waals surface area contributed by atoms with E-state index >= 15 is 0 Å². The Kier molecular flexibility index (Phi) is 4.49. The third-order valence-electron chi connectivity index (χ3n) is 3.67. The minimum Gasteiger partial charge on any atom is -0.369 e. The molecule has 0 fully saturated rings. The number of hydrogen-bond donors (Lipinski definition) is 5. The average Bonchev–Trinajstić information content (AvgIpc) is 2.97. The summed E-state index contributed by atoms with van der Waals surface area (Å²) in [6.07, 6.45) is 0.421. The van der Waals surface area contributed by atoms with E-state index in [1.807, 2.05) is 0 Å². The van der Waals surface area contributed by atoms with Crippen molar-refractivity contribution in [3.05, 3.63) is 51.9 Å². The lowest BCUT2D eigenvalue weighted by molar-refractivity contribution is 0.0954. The largest absolute Gasteiger partial charge is 0.369 e. The maximum atomic E-state index is 12.0. The number of aromatic amines is 2. The van der Waals surface area contributed by atoms with Gasteiger partial charge in [0.1, 0.15) is 5.65 Å². The first-order chi connectivity index (χ1) is 12.2. The maximum absolute atomic E-state index is 12.0. The Hall–Kier alpha value is -3.18. The van der Waals surface area contributed by atoms with Crippen LogP contribution in [0, 0.1) is 0 Å². The SMILES string of the molecule is Nc1nc2[nH]c(CCNC(=O)c3ccc(S(=O)(=O)O)cc3)cc2c(=O)[nH]1. The molecule has 2 aromatic heterocycles. The molecule has 6 N–H and O–H groups in total. The molecule has 0 atom stereocenters.